The number of amides is 1. The Labute approximate surface area is 92.2 Å². The minimum absolute atomic E-state index is 0.192. The van der Waals surface area contributed by atoms with Gasteiger partial charge in [-0.2, -0.15) is 0 Å². The second-order valence-corrected chi connectivity index (χ2v) is 3.99. The van der Waals surface area contributed by atoms with Crippen LogP contribution in [0.5, 0.6) is 0 Å². The van der Waals surface area contributed by atoms with Crippen LogP contribution in [0.1, 0.15) is 12.0 Å². The summed E-state index contributed by atoms with van der Waals surface area (Å²) in [5, 5.41) is 0. The van der Waals surface area contributed by atoms with Crippen molar-refractivity contribution in [3.05, 3.63) is 35.9 Å². The van der Waals surface area contributed by atoms with E-state index in [1.165, 1.54) is 11.9 Å². The van der Waals surface area contributed by atoms with Crippen molar-refractivity contribution in [2.75, 3.05) is 0 Å². The van der Waals surface area contributed by atoms with E-state index >= 15 is 0 Å². The molecule has 0 unspecified atom stereocenters. The molecule has 0 spiro atoms. The Kier molecular flexibility index (Phi) is 2.87. The van der Waals surface area contributed by atoms with Gasteiger partial charge >= 0.3 is 0 Å². The van der Waals surface area contributed by atoms with Crippen LogP contribution < -0.4 is 5.73 Å². The Bertz CT molecular complexity index is 452. The van der Waals surface area contributed by atoms with Crippen LogP contribution in [0, 0.1) is 0 Å². The molecule has 0 fully saturated rings. The van der Waals surface area contributed by atoms with E-state index in [2.05, 4.69) is 4.40 Å². The monoisotopic (exact) mass is 218 g/mol. The number of benzene rings is 1. The van der Waals surface area contributed by atoms with Crippen molar-refractivity contribution in [1.29, 1.82) is 0 Å². The number of nitrogens with two attached hydrogens (primary N) is 1. The summed E-state index contributed by atoms with van der Waals surface area (Å²) >= 11 is 1.38. The molecule has 3 nitrogen and oxygen atoms in total. The summed E-state index contributed by atoms with van der Waals surface area (Å²) < 4.78 is 4.25. The van der Waals surface area contributed by atoms with Crippen LogP contribution in [-0.4, -0.2) is 11.6 Å². The Morgan fingerprint density at radius 2 is 2.13 bits per heavy atom. The van der Waals surface area contributed by atoms with Gasteiger partial charge in [-0.05, 0) is 17.7 Å². The fourth-order valence-electron chi connectivity index (χ4n) is 1.30. The van der Waals surface area contributed by atoms with Gasteiger partial charge in [0.1, 0.15) is 0 Å². The molecule has 0 radical (unpaired) electrons. The summed E-state index contributed by atoms with van der Waals surface area (Å²) in [6.45, 7) is 0. The van der Waals surface area contributed by atoms with Crippen LogP contribution in [0.2, 0.25) is 0 Å². The van der Waals surface area contributed by atoms with Crippen LogP contribution in [0.3, 0.4) is 0 Å². The Balaban J connectivity index is 2.25. The maximum atomic E-state index is 10.8. The third-order valence-corrected chi connectivity index (χ3v) is 2.89. The quantitative estimate of drug-likeness (QED) is 0.772. The molecule has 1 aromatic rings. The number of hydrogen-bond donors (Lipinski definition) is 1. The third kappa shape index (κ3) is 2.47. The number of carbonyl (C=O) groups is 1. The Morgan fingerprint density at radius 3 is 2.93 bits per heavy atom. The minimum Gasteiger partial charge on any atom is -0.369 e. The standard InChI is InChI=1S/C11H10N2OS/c12-11(14)7-9-6-5-8-3-1-2-4-10(8)15-13-9/h1-6H,7H2,(H2,12,14). The van der Waals surface area contributed by atoms with Gasteiger partial charge in [-0.15, -0.1) is 0 Å². The normalized spacial score (nSPS) is 14.0. The molecule has 0 atom stereocenters. The van der Waals surface area contributed by atoms with Crippen molar-refractivity contribution < 1.29 is 4.79 Å². The lowest BCUT2D eigenvalue weighted by Gasteiger charge is -1.97. The van der Waals surface area contributed by atoms with E-state index in [4.69, 9.17) is 5.73 Å². The van der Waals surface area contributed by atoms with Crippen molar-refractivity contribution in [1.82, 2.24) is 0 Å². The molecule has 76 valence electrons. The van der Waals surface area contributed by atoms with Gasteiger partial charge in [-0.3, -0.25) is 4.79 Å². The highest BCUT2D eigenvalue weighted by Crippen LogP contribution is 2.27. The lowest BCUT2D eigenvalue weighted by molar-refractivity contribution is -0.116. The molecule has 1 heterocycles. The first kappa shape index (κ1) is 9.98. The van der Waals surface area contributed by atoms with E-state index in [1.54, 1.807) is 0 Å². The largest absolute Gasteiger partial charge is 0.369 e. The maximum absolute atomic E-state index is 10.8. The predicted molar refractivity (Wildman–Crippen MR) is 62.6 cm³/mol. The van der Waals surface area contributed by atoms with Gasteiger partial charge in [0, 0.05) is 16.8 Å². The first-order valence-electron chi connectivity index (χ1n) is 4.55. The number of hydrogen-bond acceptors (Lipinski definition) is 3. The number of fused-ring (bicyclic) bond motifs is 1. The highest BCUT2D eigenvalue weighted by atomic mass is 32.2. The van der Waals surface area contributed by atoms with Crippen LogP contribution >= 0.6 is 11.9 Å². The highest BCUT2D eigenvalue weighted by Gasteiger charge is 2.07. The first-order valence-corrected chi connectivity index (χ1v) is 5.32. The molecule has 2 N–H and O–H groups in total. The zero-order valence-corrected chi connectivity index (χ0v) is 8.83. The number of carbonyl (C=O) groups excluding carboxylic acids is 1. The van der Waals surface area contributed by atoms with Crippen LogP contribution in [-0.2, 0) is 4.79 Å². The smallest absolute Gasteiger partial charge is 0.223 e. The summed E-state index contributed by atoms with van der Waals surface area (Å²) in [6.07, 6.45) is 3.98. The van der Waals surface area contributed by atoms with E-state index in [9.17, 15) is 4.79 Å². The van der Waals surface area contributed by atoms with Gasteiger partial charge < -0.3 is 5.73 Å². The Hall–Kier alpha value is -1.55. The number of rotatable bonds is 2. The summed E-state index contributed by atoms with van der Waals surface area (Å²) in [4.78, 5) is 11.8. The molecule has 15 heavy (non-hydrogen) atoms. The topological polar surface area (TPSA) is 55.5 Å². The van der Waals surface area contributed by atoms with Gasteiger partial charge in [-0.25, -0.2) is 4.40 Å². The lowest BCUT2D eigenvalue weighted by atomic mass is 10.1. The lowest BCUT2D eigenvalue weighted by Crippen LogP contribution is -2.14. The SMILES string of the molecule is NC(=O)CC1=NSc2ccccc2C=C1. The van der Waals surface area contributed by atoms with Crippen molar-refractivity contribution >= 4 is 29.6 Å². The summed E-state index contributed by atoms with van der Waals surface area (Å²) in [6, 6.07) is 7.96. The highest BCUT2D eigenvalue weighted by molar-refractivity contribution is 7.98. The Morgan fingerprint density at radius 1 is 1.33 bits per heavy atom. The summed E-state index contributed by atoms with van der Waals surface area (Å²) in [7, 11) is 0. The molecule has 0 aliphatic carbocycles. The molecule has 1 aromatic carbocycles. The van der Waals surface area contributed by atoms with Crippen molar-refractivity contribution in [3.8, 4) is 0 Å². The minimum atomic E-state index is -0.357. The predicted octanol–water partition coefficient (Wildman–Crippen LogP) is 2.04. The van der Waals surface area contributed by atoms with Gasteiger partial charge in [-0.1, -0.05) is 24.3 Å². The molecule has 0 saturated heterocycles. The second-order valence-electron chi connectivity index (χ2n) is 3.19. The zero-order valence-electron chi connectivity index (χ0n) is 8.01. The average molecular weight is 218 g/mol. The third-order valence-electron chi connectivity index (χ3n) is 1.99. The van der Waals surface area contributed by atoms with Crippen LogP contribution in [0.4, 0.5) is 0 Å². The summed E-state index contributed by atoms with van der Waals surface area (Å²) in [5.74, 6) is -0.357. The molecule has 1 aliphatic rings. The van der Waals surface area contributed by atoms with Gasteiger partial charge in [0.2, 0.25) is 5.91 Å². The van der Waals surface area contributed by atoms with E-state index in [0.717, 1.165) is 10.5 Å². The molecule has 0 saturated carbocycles. The number of primary amides is 1. The van der Waals surface area contributed by atoms with E-state index in [-0.39, 0.29) is 12.3 Å². The van der Waals surface area contributed by atoms with E-state index in [1.807, 2.05) is 36.4 Å². The van der Waals surface area contributed by atoms with Gasteiger partial charge in [0.15, 0.2) is 0 Å². The average Bonchev–Trinajstić information content (AvgIpc) is 2.41. The maximum Gasteiger partial charge on any atom is 0.223 e. The van der Waals surface area contributed by atoms with E-state index in [0.29, 0.717) is 5.71 Å². The summed E-state index contributed by atoms with van der Waals surface area (Å²) in [5.41, 5.74) is 6.94. The van der Waals surface area contributed by atoms with Crippen molar-refractivity contribution in [2.45, 2.75) is 11.3 Å². The van der Waals surface area contributed by atoms with Crippen LogP contribution in [0.25, 0.3) is 6.08 Å². The molecule has 1 amide bonds. The molecule has 0 aromatic heterocycles. The van der Waals surface area contributed by atoms with Crippen molar-refractivity contribution in [3.63, 3.8) is 0 Å². The molecular weight excluding hydrogens is 208 g/mol. The molecule has 0 bridgehead atoms. The molecular formula is C11H10N2OS. The van der Waals surface area contributed by atoms with Crippen LogP contribution in [0.15, 0.2) is 39.6 Å². The van der Waals surface area contributed by atoms with E-state index < -0.39 is 0 Å². The van der Waals surface area contributed by atoms with Gasteiger partial charge in [0.25, 0.3) is 0 Å². The molecule has 1 aliphatic heterocycles. The number of allylic oxidation sites excluding steroid dienone is 1. The van der Waals surface area contributed by atoms with Gasteiger partial charge in [0.05, 0.1) is 12.1 Å². The molecule has 2 rings (SSSR count). The zero-order chi connectivity index (χ0) is 10.7. The molecule has 4 heteroatoms. The van der Waals surface area contributed by atoms with Crippen molar-refractivity contribution in [2.24, 2.45) is 10.1 Å². The fourth-order valence-corrected chi connectivity index (χ4v) is 2.02. The fraction of sp³-hybridized carbons (Fsp3) is 0.0909. The number of nitrogens with zero attached hydrogens (tertiary/aromatic N) is 1. The second kappa shape index (κ2) is 4.31. The first-order chi connectivity index (χ1) is 7.25.